The molecule has 1 aliphatic rings. The predicted octanol–water partition coefficient (Wildman–Crippen LogP) is 1.39. The maximum absolute atomic E-state index is 10.6. The fourth-order valence-electron chi connectivity index (χ4n) is 2.23. The quantitative estimate of drug-likeness (QED) is 0.811. The van der Waals surface area contributed by atoms with E-state index in [1.807, 2.05) is 31.2 Å². The highest BCUT2D eigenvalue weighted by molar-refractivity contribution is 5.28. The van der Waals surface area contributed by atoms with Gasteiger partial charge >= 0.3 is 0 Å². The van der Waals surface area contributed by atoms with Crippen molar-refractivity contribution in [1.82, 2.24) is 0 Å². The third-order valence-electron chi connectivity index (χ3n) is 3.47. The van der Waals surface area contributed by atoms with E-state index >= 15 is 0 Å². The molecule has 3 nitrogen and oxygen atoms in total. The molecule has 0 spiro atoms. The molecule has 88 valence electrons. The van der Waals surface area contributed by atoms with E-state index in [0.29, 0.717) is 13.2 Å². The van der Waals surface area contributed by atoms with Crippen LogP contribution >= 0.6 is 0 Å². The van der Waals surface area contributed by atoms with E-state index < -0.39 is 5.60 Å². The van der Waals surface area contributed by atoms with Crippen molar-refractivity contribution < 1.29 is 9.84 Å². The van der Waals surface area contributed by atoms with Crippen molar-refractivity contribution in [1.29, 1.82) is 0 Å². The monoisotopic (exact) mass is 221 g/mol. The standard InChI is InChI=1S/C13H19NO2/c1-13(15,12-5-6-16-9-12)11-4-2-3-10(7-11)8-14/h2-4,7,12,15H,5-6,8-9,14H2,1H3. The van der Waals surface area contributed by atoms with E-state index in [-0.39, 0.29) is 5.92 Å². The van der Waals surface area contributed by atoms with Crippen LogP contribution in [0.3, 0.4) is 0 Å². The zero-order chi connectivity index (χ0) is 11.6. The molecule has 0 aromatic heterocycles. The molecule has 1 fully saturated rings. The summed E-state index contributed by atoms with van der Waals surface area (Å²) in [6.45, 7) is 3.75. The number of hydrogen-bond acceptors (Lipinski definition) is 3. The minimum Gasteiger partial charge on any atom is -0.385 e. The minimum atomic E-state index is -0.818. The van der Waals surface area contributed by atoms with Crippen LogP contribution in [0, 0.1) is 5.92 Å². The van der Waals surface area contributed by atoms with Gasteiger partial charge in [-0.3, -0.25) is 0 Å². The molecular weight excluding hydrogens is 202 g/mol. The second-order valence-corrected chi connectivity index (χ2v) is 4.61. The van der Waals surface area contributed by atoms with Crippen molar-refractivity contribution in [3.63, 3.8) is 0 Å². The molecule has 0 aliphatic carbocycles. The Labute approximate surface area is 96.2 Å². The van der Waals surface area contributed by atoms with Crippen LogP contribution in [0.4, 0.5) is 0 Å². The summed E-state index contributed by atoms with van der Waals surface area (Å²) in [7, 11) is 0. The number of hydrogen-bond donors (Lipinski definition) is 2. The highest BCUT2D eigenvalue weighted by Crippen LogP contribution is 2.34. The first kappa shape index (κ1) is 11.6. The van der Waals surface area contributed by atoms with Gasteiger partial charge in [0.1, 0.15) is 0 Å². The van der Waals surface area contributed by atoms with Gasteiger partial charge in [0.15, 0.2) is 0 Å². The Hall–Kier alpha value is -0.900. The van der Waals surface area contributed by atoms with Gasteiger partial charge in [0.05, 0.1) is 12.2 Å². The summed E-state index contributed by atoms with van der Waals surface area (Å²) in [4.78, 5) is 0. The van der Waals surface area contributed by atoms with E-state index in [0.717, 1.165) is 24.2 Å². The molecule has 0 bridgehead atoms. The molecule has 1 aliphatic heterocycles. The van der Waals surface area contributed by atoms with Crippen molar-refractivity contribution in [2.75, 3.05) is 13.2 Å². The SMILES string of the molecule is CC(O)(c1cccc(CN)c1)C1CCOC1. The van der Waals surface area contributed by atoms with E-state index in [1.54, 1.807) is 0 Å². The van der Waals surface area contributed by atoms with Gasteiger partial charge < -0.3 is 15.6 Å². The van der Waals surface area contributed by atoms with Crippen molar-refractivity contribution >= 4 is 0 Å². The lowest BCUT2D eigenvalue weighted by Gasteiger charge is -2.30. The van der Waals surface area contributed by atoms with Gasteiger partial charge in [-0.1, -0.05) is 24.3 Å². The summed E-state index contributed by atoms with van der Waals surface area (Å²) in [6.07, 6.45) is 0.917. The van der Waals surface area contributed by atoms with Crippen LogP contribution in [-0.4, -0.2) is 18.3 Å². The third-order valence-corrected chi connectivity index (χ3v) is 3.47. The van der Waals surface area contributed by atoms with Crippen LogP contribution in [0.1, 0.15) is 24.5 Å². The first-order valence-corrected chi connectivity index (χ1v) is 5.74. The minimum absolute atomic E-state index is 0.181. The predicted molar refractivity (Wildman–Crippen MR) is 62.8 cm³/mol. The Morgan fingerprint density at radius 3 is 3.00 bits per heavy atom. The van der Waals surface area contributed by atoms with Gasteiger partial charge in [-0.25, -0.2) is 0 Å². The molecule has 2 unspecified atom stereocenters. The average molecular weight is 221 g/mol. The van der Waals surface area contributed by atoms with Crippen LogP contribution in [0.25, 0.3) is 0 Å². The molecule has 1 saturated heterocycles. The molecule has 3 N–H and O–H groups in total. The molecular formula is C13H19NO2. The Bertz CT molecular complexity index is 357. The topological polar surface area (TPSA) is 55.5 Å². The summed E-state index contributed by atoms with van der Waals surface area (Å²) < 4.78 is 5.34. The highest BCUT2D eigenvalue weighted by atomic mass is 16.5. The van der Waals surface area contributed by atoms with Crippen LogP contribution in [0.15, 0.2) is 24.3 Å². The molecule has 2 rings (SSSR count). The highest BCUT2D eigenvalue weighted by Gasteiger charge is 2.36. The van der Waals surface area contributed by atoms with Crippen molar-refractivity contribution in [2.24, 2.45) is 11.7 Å². The smallest absolute Gasteiger partial charge is 0.0919 e. The maximum Gasteiger partial charge on any atom is 0.0919 e. The van der Waals surface area contributed by atoms with Crippen LogP contribution in [-0.2, 0) is 16.9 Å². The Kier molecular flexibility index (Phi) is 3.28. The first-order chi connectivity index (χ1) is 7.64. The molecule has 0 radical (unpaired) electrons. The zero-order valence-corrected chi connectivity index (χ0v) is 9.65. The lowest BCUT2D eigenvalue weighted by Crippen LogP contribution is -2.32. The van der Waals surface area contributed by atoms with Gasteiger partial charge in [0, 0.05) is 19.1 Å². The first-order valence-electron chi connectivity index (χ1n) is 5.74. The van der Waals surface area contributed by atoms with E-state index in [1.165, 1.54) is 0 Å². The van der Waals surface area contributed by atoms with Crippen molar-refractivity contribution in [3.05, 3.63) is 35.4 Å². The summed E-state index contributed by atoms with van der Waals surface area (Å²) >= 11 is 0. The fourth-order valence-corrected chi connectivity index (χ4v) is 2.23. The lowest BCUT2D eigenvalue weighted by molar-refractivity contribution is -0.00976. The van der Waals surface area contributed by atoms with E-state index in [2.05, 4.69) is 0 Å². The fraction of sp³-hybridized carbons (Fsp3) is 0.538. The molecule has 1 aromatic carbocycles. The van der Waals surface area contributed by atoms with Crippen LogP contribution < -0.4 is 5.73 Å². The summed E-state index contributed by atoms with van der Waals surface area (Å²) in [5.41, 5.74) is 6.78. The Morgan fingerprint density at radius 2 is 2.38 bits per heavy atom. The summed E-state index contributed by atoms with van der Waals surface area (Å²) in [5, 5.41) is 10.6. The normalized spacial score (nSPS) is 24.3. The second kappa shape index (κ2) is 4.53. The van der Waals surface area contributed by atoms with Gasteiger partial charge in [0.2, 0.25) is 0 Å². The Balaban J connectivity index is 2.26. The second-order valence-electron chi connectivity index (χ2n) is 4.61. The van der Waals surface area contributed by atoms with Crippen molar-refractivity contribution in [3.8, 4) is 0 Å². The van der Waals surface area contributed by atoms with Gasteiger partial charge in [-0.15, -0.1) is 0 Å². The van der Waals surface area contributed by atoms with Gasteiger partial charge in [-0.05, 0) is 24.5 Å². The molecule has 16 heavy (non-hydrogen) atoms. The molecule has 2 atom stereocenters. The summed E-state index contributed by atoms with van der Waals surface area (Å²) in [6, 6.07) is 7.86. The molecule has 3 heteroatoms. The van der Waals surface area contributed by atoms with Crippen molar-refractivity contribution in [2.45, 2.75) is 25.5 Å². The number of benzene rings is 1. The maximum atomic E-state index is 10.6. The van der Waals surface area contributed by atoms with E-state index in [9.17, 15) is 5.11 Å². The number of rotatable bonds is 3. The number of ether oxygens (including phenoxy) is 1. The Morgan fingerprint density at radius 1 is 1.56 bits per heavy atom. The molecule has 0 saturated carbocycles. The largest absolute Gasteiger partial charge is 0.385 e. The van der Waals surface area contributed by atoms with Gasteiger partial charge in [0.25, 0.3) is 0 Å². The molecule has 1 heterocycles. The number of nitrogens with two attached hydrogens (primary N) is 1. The van der Waals surface area contributed by atoms with Crippen LogP contribution in [0.2, 0.25) is 0 Å². The molecule has 0 amide bonds. The van der Waals surface area contributed by atoms with E-state index in [4.69, 9.17) is 10.5 Å². The lowest BCUT2D eigenvalue weighted by atomic mass is 9.82. The average Bonchev–Trinajstić information content (AvgIpc) is 2.83. The molecule has 1 aromatic rings. The third kappa shape index (κ3) is 2.12. The van der Waals surface area contributed by atoms with Crippen LogP contribution in [0.5, 0.6) is 0 Å². The summed E-state index contributed by atoms with van der Waals surface area (Å²) in [5.74, 6) is 0.181. The van der Waals surface area contributed by atoms with Gasteiger partial charge in [-0.2, -0.15) is 0 Å². The zero-order valence-electron chi connectivity index (χ0n) is 9.65. The number of aliphatic hydroxyl groups is 1.